The number of aromatic amines is 1. The van der Waals surface area contributed by atoms with Gasteiger partial charge in [-0.25, -0.2) is 0 Å². The summed E-state index contributed by atoms with van der Waals surface area (Å²) in [6.07, 6.45) is 4.12. The summed E-state index contributed by atoms with van der Waals surface area (Å²) in [5, 5.41) is 12.7. The second-order valence-corrected chi connectivity index (χ2v) is 8.41. The molecule has 0 saturated carbocycles. The van der Waals surface area contributed by atoms with E-state index in [1.54, 1.807) is 24.3 Å². The third kappa shape index (κ3) is 7.26. The van der Waals surface area contributed by atoms with E-state index in [0.717, 1.165) is 36.6 Å². The van der Waals surface area contributed by atoms with Crippen LogP contribution in [0.1, 0.15) is 75.9 Å². The Hall–Kier alpha value is -2.81. The van der Waals surface area contributed by atoms with Crippen molar-refractivity contribution >= 4 is 22.8 Å². The maximum absolute atomic E-state index is 12.3. The van der Waals surface area contributed by atoms with Crippen molar-refractivity contribution in [2.75, 3.05) is 6.54 Å². The number of fused-ring (bicyclic) bond motifs is 1. The first-order valence-electron chi connectivity index (χ1n) is 10.2. The molecule has 0 radical (unpaired) electrons. The molecule has 2 rings (SSSR count). The molecule has 156 valence electrons. The summed E-state index contributed by atoms with van der Waals surface area (Å²) in [5.41, 5.74) is 1.45. The summed E-state index contributed by atoms with van der Waals surface area (Å²) in [5.74, 6) is 0.0140. The Labute approximate surface area is 172 Å². The van der Waals surface area contributed by atoms with Crippen LogP contribution in [0.3, 0.4) is 0 Å². The number of ether oxygens (including phenoxy) is 1. The molecule has 1 aromatic carbocycles. The molecule has 1 unspecified atom stereocenters. The number of nitriles is 1. The number of carbonyl (C=O) groups is 2. The number of rotatable bonds is 9. The zero-order chi connectivity index (χ0) is 21.4. The number of aromatic nitrogens is 1. The molecule has 0 fully saturated rings. The van der Waals surface area contributed by atoms with Crippen molar-refractivity contribution in [3.8, 4) is 6.07 Å². The SMILES string of the molecule is CCC(CCCCNC(=O)c1cc2cc(C#N)ccc2[nH]1)CC(=O)OC(C)(C)C. The fourth-order valence-corrected chi connectivity index (χ4v) is 3.25. The van der Waals surface area contributed by atoms with E-state index in [-0.39, 0.29) is 11.9 Å². The van der Waals surface area contributed by atoms with Crippen LogP contribution in [0.2, 0.25) is 0 Å². The van der Waals surface area contributed by atoms with Crippen LogP contribution in [0.25, 0.3) is 10.9 Å². The average molecular weight is 398 g/mol. The van der Waals surface area contributed by atoms with Crippen LogP contribution < -0.4 is 5.32 Å². The fourth-order valence-electron chi connectivity index (χ4n) is 3.25. The Morgan fingerprint density at radius 3 is 2.66 bits per heavy atom. The molecule has 0 saturated heterocycles. The Balaban J connectivity index is 1.73. The van der Waals surface area contributed by atoms with Crippen LogP contribution in [-0.2, 0) is 9.53 Å². The molecule has 1 heterocycles. The van der Waals surface area contributed by atoms with E-state index in [0.29, 0.717) is 30.1 Å². The normalized spacial score (nSPS) is 12.4. The number of benzene rings is 1. The largest absolute Gasteiger partial charge is 0.460 e. The van der Waals surface area contributed by atoms with E-state index in [9.17, 15) is 9.59 Å². The molecular weight excluding hydrogens is 366 g/mol. The predicted molar refractivity (Wildman–Crippen MR) is 113 cm³/mol. The standard InChI is InChI=1S/C23H31N3O3/c1-5-16(13-21(27)29-23(2,3)4)8-6-7-11-25-22(28)20-14-18-12-17(15-24)9-10-19(18)26-20/h9-10,12,14,16,26H,5-8,11,13H2,1-4H3,(H,25,28). The van der Waals surface area contributed by atoms with Crippen molar-refractivity contribution in [2.45, 2.75) is 65.4 Å². The number of unbranched alkanes of at least 4 members (excludes halogenated alkanes) is 1. The second kappa shape index (κ2) is 10.1. The topological polar surface area (TPSA) is 95.0 Å². The van der Waals surface area contributed by atoms with E-state index in [4.69, 9.17) is 10.00 Å². The summed E-state index contributed by atoms with van der Waals surface area (Å²) < 4.78 is 5.40. The lowest BCUT2D eigenvalue weighted by Gasteiger charge is -2.21. The monoisotopic (exact) mass is 397 g/mol. The van der Waals surface area contributed by atoms with E-state index >= 15 is 0 Å². The van der Waals surface area contributed by atoms with Gasteiger partial charge in [0, 0.05) is 23.9 Å². The van der Waals surface area contributed by atoms with Gasteiger partial charge in [0.1, 0.15) is 11.3 Å². The molecule has 1 aromatic heterocycles. The molecule has 2 aromatic rings. The molecule has 6 nitrogen and oxygen atoms in total. The van der Waals surface area contributed by atoms with Gasteiger partial charge in [-0.2, -0.15) is 5.26 Å². The molecule has 2 N–H and O–H groups in total. The highest BCUT2D eigenvalue weighted by Crippen LogP contribution is 2.20. The van der Waals surface area contributed by atoms with Crippen LogP contribution >= 0.6 is 0 Å². The summed E-state index contributed by atoms with van der Waals surface area (Å²) >= 11 is 0. The van der Waals surface area contributed by atoms with E-state index in [1.165, 1.54) is 0 Å². The highest BCUT2D eigenvalue weighted by atomic mass is 16.6. The third-order valence-corrected chi connectivity index (χ3v) is 4.77. The van der Waals surface area contributed by atoms with Crippen molar-refractivity contribution in [2.24, 2.45) is 5.92 Å². The fraction of sp³-hybridized carbons (Fsp3) is 0.522. The van der Waals surface area contributed by atoms with Crippen LogP contribution in [0.4, 0.5) is 0 Å². The lowest BCUT2D eigenvalue weighted by atomic mass is 9.95. The molecule has 0 aliphatic carbocycles. The molecule has 6 heteroatoms. The highest BCUT2D eigenvalue weighted by molar-refractivity contribution is 5.98. The Morgan fingerprint density at radius 1 is 1.24 bits per heavy atom. The second-order valence-electron chi connectivity index (χ2n) is 8.41. The lowest BCUT2D eigenvalue weighted by Crippen LogP contribution is -2.25. The van der Waals surface area contributed by atoms with Crippen molar-refractivity contribution in [1.29, 1.82) is 5.26 Å². The van der Waals surface area contributed by atoms with Gasteiger partial charge in [0.25, 0.3) is 5.91 Å². The zero-order valence-corrected chi connectivity index (χ0v) is 17.8. The minimum atomic E-state index is -0.446. The summed E-state index contributed by atoms with van der Waals surface area (Å²) in [7, 11) is 0. The molecule has 29 heavy (non-hydrogen) atoms. The van der Waals surface area contributed by atoms with Gasteiger partial charge in [-0.3, -0.25) is 9.59 Å². The minimum absolute atomic E-state index is 0.143. The van der Waals surface area contributed by atoms with Gasteiger partial charge in [-0.1, -0.05) is 19.8 Å². The molecule has 0 aliphatic heterocycles. The smallest absolute Gasteiger partial charge is 0.306 e. The molecule has 1 atom stereocenters. The highest BCUT2D eigenvalue weighted by Gasteiger charge is 2.19. The molecule has 1 amide bonds. The van der Waals surface area contributed by atoms with Gasteiger partial charge < -0.3 is 15.0 Å². The summed E-state index contributed by atoms with van der Waals surface area (Å²) in [4.78, 5) is 27.4. The molecule has 0 spiro atoms. The number of H-pyrrole nitrogens is 1. The van der Waals surface area contributed by atoms with Gasteiger partial charge in [-0.05, 0) is 63.8 Å². The van der Waals surface area contributed by atoms with Gasteiger partial charge in [0.2, 0.25) is 0 Å². The van der Waals surface area contributed by atoms with Crippen molar-refractivity contribution in [3.05, 3.63) is 35.5 Å². The van der Waals surface area contributed by atoms with Crippen LogP contribution in [0, 0.1) is 17.2 Å². The molecule has 0 aliphatic rings. The third-order valence-electron chi connectivity index (χ3n) is 4.77. The van der Waals surface area contributed by atoms with Gasteiger partial charge in [-0.15, -0.1) is 0 Å². The Morgan fingerprint density at radius 2 is 2.00 bits per heavy atom. The van der Waals surface area contributed by atoms with E-state index in [2.05, 4.69) is 23.3 Å². The van der Waals surface area contributed by atoms with Gasteiger partial charge in [0.05, 0.1) is 11.6 Å². The van der Waals surface area contributed by atoms with Crippen LogP contribution in [0.15, 0.2) is 24.3 Å². The molecular formula is C23H31N3O3. The van der Waals surface area contributed by atoms with Crippen molar-refractivity contribution in [1.82, 2.24) is 10.3 Å². The van der Waals surface area contributed by atoms with E-state index in [1.807, 2.05) is 20.8 Å². The Bertz CT molecular complexity index is 887. The number of esters is 1. The summed E-state index contributed by atoms with van der Waals surface area (Å²) in [6, 6.07) is 9.15. The quantitative estimate of drug-likeness (QED) is 0.474. The van der Waals surface area contributed by atoms with Crippen molar-refractivity contribution < 1.29 is 14.3 Å². The number of carbonyl (C=O) groups excluding carboxylic acids is 2. The number of hydrogen-bond acceptors (Lipinski definition) is 4. The minimum Gasteiger partial charge on any atom is -0.460 e. The van der Waals surface area contributed by atoms with E-state index < -0.39 is 5.60 Å². The van der Waals surface area contributed by atoms with Crippen molar-refractivity contribution in [3.63, 3.8) is 0 Å². The van der Waals surface area contributed by atoms with Crippen LogP contribution in [-0.4, -0.2) is 29.0 Å². The number of nitrogens with zero attached hydrogens (tertiary/aromatic N) is 1. The number of hydrogen-bond donors (Lipinski definition) is 2. The first-order valence-corrected chi connectivity index (χ1v) is 10.2. The first-order chi connectivity index (χ1) is 13.7. The zero-order valence-electron chi connectivity index (χ0n) is 17.8. The number of nitrogens with one attached hydrogen (secondary N) is 2. The number of amides is 1. The van der Waals surface area contributed by atoms with Crippen LogP contribution in [0.5, 0.6) is 0 Å². The average Bonchev–Trinajstić information content (AvgIpc) is 3.08. The predicted octanol–water partition coefficient (Wildman–Crippen LogP) is 4.70. The molecule has 0 bridgehead atoms. The lowest BCUT2D eigenvalue weighted by molar-refractivity contribution is -0.156. The van der Waals surface area contributed by atoms with Gasteiger partial charge >= 0.3 is 5.97 Å². The maximum atomic E-state index is 12.3. The van der Waals surface area contributed by atoms with Gasteiger partial charge in [0.15, 0.2) is 0 Å². The maximum Gasteiger partial charge on any atom is 0.306 e. The summed E-state index contributed by atoms with van der Waals surface area (Å²) in [6.45, 7) is 8.31. The Kier molecular flexibility index (Phi) is 7.83. The first kappa shape index (κ1) is 22.5.